The first-order valence-electron chi connectivity index (χ1n) is 8.42. The molecule has 2 atom stereocenters. The number of furan rings is 1. The van der Waals surface area contributed by atoms with Crippen molar-refractivity contribution in [3.05, 3.63) is 23.7 Å². The third-order valence-electron chi connectivity index (χ3n) is 5.13. The van der Waals surface area contributed by atoms with Gasteiger partial charge in [0.1, 0.15) is 5.76 Å². The van der Waals surface area contributed by atoms with E-state index in [0.29, 0.717) is 17.4 Å². The maximum Gasteiger partial charge on any atom is 0.255 e. The molecule has 2 aliphatic rings. The second-order valence-corrected chi connectivity index (χ2v) is 6.59. The number of piperidine rings is 1. The van der Waals surface area contributed by atoms with E-state index in [2.05, 4.69) is 10.2 Å². The van der Waals surface area contributed by atoms with Crippen molar-refractivity contribution in [2.24, 2.45) is 0 Å². The molecule has 2 unspecified atom stereocenters. The Hall–Kier alpha value is -1.33. The Morgan fingerprint density at radius 1 is 1.27 bits per heavy atom. The van der Waals surface area contributed by atoms with Gasteiger partial charge in [0.2, 0.25) is 0 Å². The summed E-state index contributed by atoms with van der Waals surface area (Å²) in [5.41, 5.74) is 0.630. The molecule has 0 spiro atoms. The van der Waals surface area contributed by atoms with E-state index in [9.17, 15) is 9.90 Å². The molecule has 2 N–H and O–H groups in total. The van der Waals surface area contributed by atoms with Crippen molar-refractivity contribution >= 4 is 5.91 Å². The average Bonchev–Trinajstić information content (AvgIpc) is 2.95. The summed E-state index contributed by atoms with van der Waals surface area (Å²) in [6.45, 7) is 3.72. The largest absolute Gasteiger partial charge is 0.469 e. The van der Waals surface area contributed by atoms with Crippen LogP contribution in [0.1, 0.15) is 54.6 Å². The highest BCUT2D eigenvalue weighted by Crippen LogP contribution is 2.26. The van der Waals surface area contributed by atoms with Crippen LogP contribution in [-0.4, -0.2) is 47.2 Å². The third-order valence-corrected chi connectivity index (χ3v) is 5.13. The molecule has 1 saturated heterocycles. The summed E-state index contributed by atoms with van der Waals surface area (Å²) in [6, 6.07) is 2.26. The number of carbonyl (C=O) groups excluding carboxylic acids is 1. The lowest BCUT2D eigenvalue weighted by Gasteiger charge is -2.41. The zero-order chi connectivity index (χ0) is 15.5. The van der Waals surface area contributed by atoms with E-state index in [1.54, 1.807) is 12.3 Å². The number of amides is 1. The fourth-order valence-corrected chi connectivity index (χ4v) is 3.78. The molecule has 2 fully saturated rings. The van der Waals surface area contributed by atoms with Gasteiger partial charge in [-0.05, 0) is 38.7 Å². The summed E-state index contributed by atoms with van der Waals surface area (Å²) in [5.74, 6) is 0.627. The van der Waals surface area contributed by atoms with E-state index >= 15 is 0 Å². The Balaban J connectivity index is 1.49. The topological polar surface area (TPSA) is 65.7 Å². The molecule has 1 saturated carbocycles. The molecule has 1 amide bonds. The zero-order valence-electron chi connectivity index (χ0n) is 13.3. The summed E-state index contributed by atoms with van der Waals surface area (Å²) in [4.78, 5) is 14.6. The monoisotopic (exact) mass is 306 g/mol. The Bertz CT molecular complexity index is 506. The van der Waals surface area contributed by atoms with Gasteiger partial charge in [-0.15, -0.1) is 0 Å². The van der Waals surface area contributed by atoms with E-state index in [1.807, 2.05) is 6.92 Å². The Morgan fingerprint density at radius 2 is 2.00 bits per heavy atom. The van der Waals surface area contributed by atoms with Gasteiger partial charge in [0, 0.05) is 25.2 Å². The molecule has 0 aromatic carbocycles. The van der Waals surface area contributed by atoms with Crippen LogP contribution in [0.4, 0.5) is 0 Å². The van der Waals surface area contributed by atoms with Gasteiger partial charge in [0.25, 0.3) is 5.91 Å². The standard InChI is InChI=1S/C17H26N2O3/c1-12-14(8-11-22-12)17(21)18-13-6-9-19(10-7-13)15-4-2-3-5-16(15)20/h8,11,13,15-16,20H,2-7,9-10H2,1H3,(H,18,21). The van der Waals surface area contributed by atoms with Gasteiger partial charge in [0.05, 0.1) is 17.9 Å². The molecule has 1 aromatic rings. The van der Waals surface area contributed by atoms with E-state index < -0.39 is 0 Å². The molecular weight excluding hydrogens is 280 g/mol. The fraction of sp³-hybridized carbons (Fsp3) is 0.706. The number of likely N-dealkylation sites (tertiary alicyclic amines) is 1. The number of hydrogen-bond donors (Lipinski definition) is 2. The first-order valence-corrected chi connectivity index (χ1v) is 8.42. The van der Waals surface area contributed by atoms with Crippen LogP contribution in [-0.2, 0) is 0 Å². The lowest BCUT2D eigenvalue weighted by Crippen LogP contribution is -2.52. The van der Waals surface area contributed by atoms with Crippen molar-refractivity contribution in [1.29, 1.82) is 0 Å². The Kier molecular flexibility index (Phi) is 4.84. The lowest BCUT2D eigenvalue weighted by atomic mass is 9.89. The van der Waals surface area contributed by atoms with Crippen molar-refractivity contribution in [3.63, 3.8) is 0 Å². The second kappa shape index (κ2) is 6.84. The van der Waals surface area contributed by atoms with Gasteiger partial charge in [-0.2, -0.15) is 0 Å². The summed E-state index contributed by atoms with van der Waals surface area (Å²) < 4.78 is 5.19. The fourth-order valence-electron chi connectivity index (χ4n) is 3.78. The quantitative estimate of drug-likeness (QED) is 0.897. The SMILES string of the molecule is Cc1occc1C(=O)NC1CCN(C2CCCCC2O)CC1. The predicted molar refractivity (Wildman–Crippen MR) is 83.8 cm³/mol. The Labute approximate surface area is 131 Å². The molecule has 0 bridgehead atoms. The number of hydrogen-bond acceptors (Lipinski definition) is 4. The maximum absolute atomic E-state index is 12.2. The predicted octanol–water partition coefficient (Wildman–Crippen LogP) is 2.09. The summed E-state index contributed by atoms with van der Waals surface area (Å²) in [6.07, 6.45) is 7.68. The van der Waals surface area contributed by atoms with Gasteiger partial charge < -0.3 is 14.8 Å². The van der Waals surface area contributed by atoms with Crippen LogP contribution < -0.4 is 5.32 Å². The van der Waals surface area contributed by atoms with Crippen molar-refractivity contribution in [2.75, 3.05) is 13.1 Å². The Morgan fingerprint density at radius 3 is 2.64 bits per heavy atom. The van der Waals surface area contributed by atoms with Crippen molar-refractivity contribution in [3.8, 4) is 0 Å². The van der Waals surface area contributed by atoms with Gasteiger partial charge in [-0.1, -0.05) is 12.8 Å². The van der Waals surface area contributed by atoms with Gasteiger partial charge in [-0.25, -0.2) is 0 Å². The molecule has 2 heterocycles. The molecule has 122 valence electrons. The molecule has 0 radical (unpaired) electrons. The number of nitrogens with one attached hydrogen (secondary N) is 1. The van der Waals surface area contributed by atoms with Crippen LogP contribution in [0.2, 0.25) is 0 Å². The van der Waals surface area contributed by atoms with E-state index in [0.717, 1.165) is 45.2 Å². The third kappa shape index (κ3) is 3.36. The van der Waals surface area contributed by atoms with Crippen LogP contribution in [0.15, 0.2) is 16.7 Å². The van der Waals surface area contributed by atoms with Crippen LogP contribution in [0.25, 0.3) is 0 Å². The number of carbonyl (C=O) groups is 1. The van der Waals surface area contributed by atoms with Gasteiger partial charge in [-0.3, -0.25) is 9.69 Å². The molecule has 3 rings (SSSR count). The van der Waals surface area contributed by atoms with E-state index in [4.69, 9.17) is 4.42 Å². The van der Waals surface area contributed by atoms with Crippen LogP contribution in [0.5, 0.6) is 0 Å². The highest BCUT2D eigenvalue weighted by atomic mass is 16.3. The summed E-state index contributed by atoms with van der Waals surface area (Å²) in [7, 11) is 0. The van der Waals surface area contributed by atoms with E-state index in [1.165, 1.54) is 6.42 Å². The van der Waals surface area contributed by atoms with Gasteiger partial charge >= 0.3 is 0 Å². The highest BCUT2D eigenvalue weighted by molar-refractivity contribution is 5.95. The van der Waals surface area contributed by atoms with Crippen molar-refractivity contribution < 1.29 is 14.3 Å². The number of nitrogens with zero attached hydrogens (tertiary/aromatic N) is 1. The van der Waals surface area contributed by atoms with Crippen LogP contribution in [0, 0.1) is 6.92 Å². The first kappa shape index (κ1) is 15.6. The zero-order valence-corrected chi connectivity index (χ0v) is 13.3. The van der Waals surface area contributed by atoms with Crippen LogP contribution >= 0.6 is 0 Å². The molecule has 5 nitrogen and oxygen atoms in total. The number of rotatable bonds is 3. The second-order valence-electron chi connectivity index (χ2n) is 6.59. The van der Waals surface area contributed by atoms with Crippen molar-refractivity contribution in [1.82, 2.24) is 10.2 Å². The lowest BCUT2D eigenvalue weighted by molar-refractivity contribution is 0.00727. The first-order chi connectivity index (χ1) is 10.6. The summed E-state index contributed by atoms with van der Waals surface area (Å²) in [5, 5.41) is 13.3. The molecule has 1 aliphatic carbocycles. The minimum atomic E-state index is -0.173. The molecular formula is C17H26N2O3. The maximum atomic E-state index is 12.2. The van der Waals surface area contributed by atoms with Crippen molar-refractivity contribution in [2.45, 2.75) is 63.6 Å². The van der Waals surface area contributed by atoms with Crippen LogP contribution in [0.3, 0.4) is 0 Å². The van der Waals surface area contributed by atoms with Gasteiger partial charge in [0.15, 0.2) is 0 Å². The van der Waals surface area contributed by atoms with E-state index in [-0.39, 0.29) is 18.1 Å². The highest BCUT2D eigenvalue weighted by Gasteiger charge is 2.31. The number of aliphatic hydroxyl groups excluding tert-OH is 1. The molecule has 1 aliphatic heterocycles. The summed E-state index contributed by atoms with van der Waals surface area (Å²) >= 11 is 0. The normalized spacial score (nSPS) is 27.7. The average molecular weight is 306 g/mol. The number of aryl methyl sites for hydroxylation is 1. The smallest absolute Gasteiger partial charge is 0.255 e. The number of aliphatic hydroxyl groups is 1. The molecule has 22 heavy (non-hydrogen) atoms. The minimum Gasteiger partial charge on any atom is -0.469 e. The molecule has 5 heteroatoms. The molecule has 1 aromatic heterocycles. The minimum absolute atomic E-state index is 0.0394.